The number of aromatic nitrogens is 1. The molecular formula is C29H25N5O2. The molecule has 1 aromatic heterocycles. The van der Waals surface area contributed by atoms with Crippen LogP contribution in [0.5, 0.6) is 11.5 Å². The third-order valence-corrected chi connectivity index (χ3v) is 6.23. The van der Waals surface area contributed by atoms with E-state index in [0.29, 0.717) is 29.2 Å². The van der Waals surface area contributed by atoms with Crippen LogP contribution in [0, 0.1) is 17.7 Å². The summed E-state index contributed by atoms with van der Waals surface area (Å²) < 4.78 is 7.79. The van der Waals surface area contributed by atoms with Gasteiger partial charge in [0.25, 0.3) is 5.56 Å². The number of ether oxygens (including phenoxy) is 1. The zero-order valence-electron chi connectivity index (χ0n) is 19.7. The number of benzene rings is 4. The average Bonchev–Trinajstić information content (AvgIpc) is 2.86. The minimum atomic E-state index is -0.103. The van der Waals surface area contributed by atoms with Gasteiger partial charge in [-0.15, -0.1) is 0 Å². The van der Waals surface area contributed by atoms with Gasteiger partial charge in [-0.05, 0) is 65.2 Å². The molecule has 0 unspecified atom stereocenters. The Bertz CT molecular complexity index is 1740. The first-order valence-electron chi connectivity index (χ1n) is 11.4. The summed E-state index contributed by atoms with van der Waals surface area (Å²) in [7, 11) is 0. The highest BCUT2D eigenvalue weighted by Crippen LogP contribution is 2.28. The molecule has 0 aliphatic heterocycles. The summed E-state index contributed by atoms with van der Waals surface area (Å²) in [4.78, 5) is 13.1. The fourth-order valence-electron chi connectivity index (χ4n) is 4.36. The van der Waals surface area contributed by atoms with Crippen molar-refractivity contribution in [3.8, 4) is 11.5 Å². The molecule has 0 amide bonds. The maximum atomic E-state index is 13.1. The molecule has 0 saturated heterocycles. The minimum absolute atomic E-state index is 0.0180. The maximum Gasteiger partial charge on any atom is 0.251 e. The maximum absolute atomic E-state index is 13.1. The summed E-state index contributed by atoms with van der Waals surface area (Å²) in [6, 6.07) is 26.0. The molecule has 36 heavy (non-hydrogen) atoms. The molecule has 0 bridgehead atoms. The number of nitrogens with zero attached hydrogens (tertiary/aromatic N) is 1. The minimum Gasteiger partial charge on any atom is -0.457 e. The number of rotatable bonds is 6. The van der Waals surface area contributed by atoms with Crippen LogP contribution in [0.3, 0.4) is 0 Å². The van der Waals surface area contributed by atoms with Crippen molar-refractivity contribution in [1.29, 1.82) is 10.8 Å². The van der Waals surface area contributed by atoms with Crippen molar-refractivity contribution in [3.63, 3.8) is 0 Å². The molecule has 7 heteroatoms. The van der Waals surface area contributed by atoms with Gasteiger partial charge in [-0.3, -0.25) is 15.6 Å². The Morgan fingerprint density at radius 1 is 0.806 bits per heavy atom. The third-order valence-electron chi connectivity index (χ3n) is 6.23. The predicted molar refractivity (Wildman–Crippen MR) is 145 cm³/mol. The molecule has 7 nitrogen and oxygen atoms in total. The van der Waals surface area contributed by atoms with E-state index in [2.05, 4.69) is 0 Å². The molecule has 0 aliphatic rings. The lowest BCUT2D eigenvalue weighted by Gasteiger charge is -2.15. The molecule has 0 aliphatic carbocycles. The van der Waals surface area contributed by atoms with Crippen LogP contribution in [0.1, 0.15) is 22.3 Å². The van der Waals surface area contributed by atoms with Crippen LogP contribution in [0.2, 0.25) is 0 Å². The highest BCUT2D eigenvalue weighted by molar-refractivity contribution is 5.99. The van der Waals surface area contributed by atoms with Crippen molar-refractivity contribution in [1.82, 2.24) is 4.57 Å². The lowest BCUT2D eigenvalue weighted by Crippen LogP contribution is -2.21. The number of nitrogens with one attached hydrogen (secondary N) is 2. The van der Waals surface area contributed by atoms with E-state index in [1.54, 1.807) is 34.9 Å². The Balaban J connectivity index is 1.56. The number of amidine groups is 2. The third kappa shape index (κ3) is 4.42. The average molecular weight is 476 g/mol. The molecule has 0 spiro atoms. The van der Waals surface area contributed by atoms with Crippen LogP contribution in [-0.4, -0.2) is 16.2 Å². The van der Waals surface area contributed by atoms with Gasteiger partial charge in [-0.1, -0.05) is 36.4 Å². The zero-order valence-corrected chi connectivity index (χ0v) is 19.7. The molecular weight excluding hydrogens is 450 g/mol. The number of hydrogen-bond donors (Lipinski definition) is 4. The second-order valence-corrected chi connectivity index (χ2v) is 8.78. The topological polar surface area (TPSA) is 131 Å². The first-order valence-corrected chi connectivity index (χ1v) is 11.4. The van der Waals surface area contributed by atoms with Crippen LogP contribution in [-0.2, 0) is 6.54 Å². The first-order chi connectivity index (χ1) is 17.3. The second-order valence-electron chi connectivity index (χ2n) is 8.78. The van der Waals surface area contributed by atoms with E-state index in [0.717, 1.165) is 32.8 Å². The number of nitrogen functional groups attached to an aromatic ring is 2. The molecule has 0 atom stereocenters. The Morgan fingerprint density at radius 3 is 2.31 bits per heavy atom. The standard InChI is InChI=1S/C29H25N5O2/c1-17-11-27(35)34(16-18-5-6-19-7-8-21(29(32)33)13-22(19)12-18)26-15-24(9-10-25(17)26)36-23-4-2-3-20(14-23)28(30)31/h2-15H,16H2,1H3,(H3,30,31)(H3,32,33). The van der Waals surface area contributed by atoms with Crippen molar-refractivity contribution in [2.75, 3.05) is 0 Å². The number of pyridine rings is 1. The summed E-state index contributed by atoms with van der Waals surface area (Å²) in [5.74, 6) is 1.12. The van der Waals surface area contributed by atoms with Crippen molar-refractivity contribution in [3.05, 3.63) is 118 Å². The Hall–Kier alpha value is -4.91. The van der Waals surface area contributed by atoms with Crippen molar-refractivity contribution >= 4 is 33.3 Å². The molecule has 0 radical (unpaired) electrons. The molecule has 6 N–H and O–H groups in total. The lowest BCUT2D eigenvalue weighted by atomic mass is 10.0. The van der Waals surface area contributed by atoms with Crippen LogP contribution in [0.25, 0.3) is 21.7 Å². The van der Waals surface area contributed by atoms with Crippen LogP contribution in [0.4, 0.5) is 0 Å². The summed E-state index contributed by atoms with van der Waals surface area (Å²) in [5, 5.41) is 18.3. The summed E-state index contributed by atoms with van der Waals surface area (Å²) in [6.07, 6.45) is 0. The number of fused-ring (bicyclic) bond motifs is 2. The lowest BCUT2D eigenvalue weighted by molar-refractivity contribution is 0.483. The summed E-state index contributed by atoms with van der Waals surface area (Å²) >= 11 is 0. The van der Waals surface area contributed by atoms with Gasteiger partial charge < -0.3 is 20.8 Å². The summed E-state index contributed by atoms with van der Waals surface area (Å²) in [6.45, 7) is 2.30. The molecule has 178 valence electrons. The van der Waals surface area contributed by atoms with Crippen LogP contribution in [0.15, 0.2) is 89.7 Å². The molecule has 0 fully saturated rings. The summed E-state index contributed by atoms with van der Waals surface area (Å²) in [5.41, 5.74) is 15.0. The van der Waals surface area contributed by atoms with E-state index in [4.69, 9.17) is 27.0 Å². The largest absolute Gasteiger partial charge is 0.457 e. The molecule has 5 aromatic rings. The first kappa shape index (κ1) is 22.9. The predicted octanol–water partition coefficient (Wildman–Crippen LogP) is 4.87. The van der Waals surface area contributed by atoms with Gasteiger partial charge >= 0.3 is 0 Å². The quantitative estimate of drug-likeness (QED) is 0.206. The van der Waals surface area contributed by atoms with E-state index >= 15 is 0 Å². The van der Waals surface area contributed by atoms with Crippen molar-refractivity contribution in [2.45, 2.75) is 13.5 Å². The Kier molecular flexibility index (Phi) is 5.74. The monoisotopic (exact) mass is 475 g/mol. The SMILES string of the molecule is Cc1cc(=O)n(Cc2ccc3ccc(C(=N)N)cc3c2)c2cc(Oc3cccc(C(=N)N)c3)ccc12. The Morgan fingerprint density at radius 2 is 1.53 bits per heavy atom. The van der Waals surface area contributed by atoms with Gasteiger partial charge in [0.2, 0.25) is 0 Å². The fraction of sp³-hybridized carbons (Fsp3) is 0.0690. The van der Waals surface area contributed by atoms with Gasteiger partial charge in [0.05, 0.1) is 12.1 Å². The van der Waals surface area contributed by atoms with Gasteiger partial charge in [0.1, 0.15) is 23.2 Å². The highest BCUT2D eigenvalue weighted by Gasteiger charge is 2.11. The number of hydrogen-bond acceptors (Lipinski definition) is 4. The molecule has 5 rings (SSSR count). The zero-order chi connectivity index (χ0) is 25.4. The van der Waals surface area contributed by atoms with Gasteiger partial charge in [0.15, 0.2) is 0 Å². The molecule has 1 heterocycles. The van der Waals surface area contributed by atoms with Crippen molar-refractivity contribution < 1.29 is 4.74 Å². The Labute approximate surface area is 207 Å². The molecule has 0 saturated carbocycles. The van der Waals surface area contributed by atoms with E-state index in [1.165, 1.54) is 0 Å². The second kappa shape index (κ2) is 9.03. The smallest absolute Gasteiger partial charge is 0.251 e. The van der Waals surface area contributed by atoms with E-state index in [9.17, 15) is 4.79 Å². The highest BCUT2D eigenvalue weighted by atomic mass is 16.5. The van der Waals surface area contributed by atoms with Crippen molar-refractivity contribution in [2.24, 2.45) is 11.5 Å². The fourth-order valence-corrected chi connectivity index (χ4v) is 4.36. The van der Waals surface area contributed by atoms with Crippen LogP contribution < -0.4 is 21.8 Å². The van der Waals surface area contributed by atoms with E-state index in [-0.39, 0.29) is 17.2 Å². The van der Waals surface area contributed by atoms with Gasteiger partial charge in [-0.2, -0.15) is 0 Å². The normalized spacial score (nSPS) is 11.0. The van der Waals surface area contributed by atoms with Gasteiger partial charge in [-0.25, -0.2) is 0 Å². The van der Waals surface area contributed by atoms with Gasteiger partial charge in [0, 0.05) is 28.6 Å². The molecule has 4 aromatic carbocycles. The number of nitrogens with two attached hydrogens (primary N) is 2. The van der Waals surface area contributed by atoms with E-state index < -0.39 is 0 Å². The number of aryl methyl sites for hydroxylation is 1. The van der Waals surface area contributed by atoms with E-state index in [1.807, 2.05) is 61.5 Å². The van der Waals surface area contributed by atoms with Crippen LogP contribution >= 0.6 is 0 Å².